The first-order valence-corrected chi connectivity index (χ1v) is 7.45. The summed E-state index contributed by atoms with van der Waals surface area (Å²) in [6, 6.07) is 11.7. The molecule has 6 nitrogen and oxygen atoms in total. The molecule has 0 atom stereocenters. The lowest BCUT2D eigenvalue weighted by atomic mass is 10.2. The first kappa shape index (κ1) is 16.8. The Labute approximate surface area is 141 Å². The molecule has 0 unspecified atom stereocenters. The van der Waals surface area contributed by atoms with Gasteiger partial charge in [0.15, 0.2) is 6.61 Å². The Kier molecular flexibility index (Phi) is 5.59. The Hall–Kier alpha value is -2.54. The highest BCUT2D eigenvalue weighted by atomic mass is 79.9. The van der Waals surface area contributed by atoms with Crippen LogP contribution in [0.2, 0.25) is 0 Å². The maximum atomic E-state index is 11.9. The van der Waals surface area contributed by atoms with Crippen LogP contribution in [-0.2, 0) is 4.79 Å². The topological polar surface area (TPSA) is 90.7 Å². The fourth-order valence-corrected chi connectivity index (χ4v) is 2.09. The number of methoxy groups -OCH3 is 1. The summed E-state index contributed by atoms with van der Waals surface area (Å²) in [7, 11) is 1.49. The van der Waals surface area contributed by atoms with Gasteiger partial charge in [-0.05, 0) is 36.4 Å². The smallest absolute Gasteiger partial charge is 0.262 e. The van der Waals surface area contributed by atoms with Crippen LogP contribution >= 0.6 is 15.9 Å². The molecule has 0 fully saturated rings. The summed E-state index contributed by atoms with van der Waals surface area (Å²) in [4.78, 5) is 23.3. The highest BCUT2D eigenvalue weighted by Gasteiger charge is 2.12. The number of benzene rings is 2. The Morgan fingerprint density at radius 2 is 1.87 bits per heavy atom. The highest BCUT2D eigenvalue weighted by Crippen LogP contribution is 2.24. The SMILES string of the molecule is COc1ccc(C(N)=O)c(OCC(=O)Nc2ccc(Br)cc2)c1. The van der Waals surface area contributed by atoms with E-state index < -0.39 is 5.91 Å². The first-order valence-electron chi connectivity index (χ1n) is 6.65. The molecule has 2 rings (SSSR count). The second-order valence-electron chi connectivity index (χ2n) is 4.57. The zero-order chi connectivity index (χ0) is 16.8. The van der Waals surface area contributed by atoms with Crippen LogP contribution in [0, 0.1) is 0 Å². The van der Waals surface area contributed by atoms with Gasteiger partial charge in [-0.1, -0.05) is 15.9 Å². The van der Waals surface area contributed by atoms with Crippen molar-refractivity contribution in [1.82, 2.24) is 0 Å². The molecular weight excluding hydrogens is 364 g/mol. The number of rotatable bonds is 6. The van der Waals surface area contributed by atoms with Gasteiger partial charge in [0.05, 0.1) is 12.7 Å². The minimum Gasteiger partial charge on any atom is -0.497 e. The molecule has 0 aliphatic rings. The van der Waals surface area contributed by atoms with E-state index in [2.05, 4.69) is 21.2 Å². The predicted octanol–water partition coefficient (Wildman–Crippen LogP) is 2.57. The quantitative estimate of drug-likeness (QED) is 0.807. The summed E-state index contributed by atoms with van der Waals surface area (Å²) < 4.78 is 11.4. The van der Waals surface area contributed by atoms with Gasteiger partial charge in [-0.3, -0.25) is 9.59 Å². The minimum atomic E-state index is -0.643. The van der Waals surface area contributed by atoms with Gasteiger partial charge in [0, 0.05) is 16.2 Å². The summed E-state index contributed by atoms with van der Waals surface area (Å²) in [5.41, 5.74) is 6.11. The van der Waals surface area contributed by atoms with Crippen LogP contribution in [0.15, 0.2) is 46.9 Å². The largest absolute Gasteiger partial charge is 0.497 e. The predicted molar refractivity (Wildman–Crippen MR) is 89.8 cm³/mol. The lowest BCUT2D eigenvalue weighted by Gasteiger charge is -2.11. The zero-order valence-electron chi connectivity index (χ0n) is 12.3. The van der Waals surface area contributed by atoms with Crippen LogP contribution in [0.25, 0.3) is 0 Å². The van der Waals surface area contributed by atoms with E-state index in [-0.39, 0.29) is 23.8 Å². The zero-order valence-corrected chi connectivity index (χ0v) is 13.9. The number of halogens is 1. The number of anilines is 1. The fraction of sp³-hybridized carbons (Fsp3) is 0.125. The highest BCUT2D eigenvalue weighted by molar-refractivity contribution is 9.10. The molecule has 0 heterocycles. The van der Waals surface area contributed by atoms with Gasteiger partial charge in [-0.25, -0.2) is 0 Å². The van der Waals surface area contributed by atoms with Crippen molar-refractivity contribution < 1.29 is 19.1 Å². The van der Waals surface area contributed by atoms with E-state index in [4.69, 9.17) is 15.2 Å². The van der Waals surface area contributed by atoms with E-state index in [0.717, 1.165) is 4.47 Å². The number of amides is 2. The van der Waals surface area contributed by atoms with E-state index in [1.165, 1.54) is 19.2 Å². The number of carbonyl (C=O) groups excluding carboxylic acids is 2. The van der Waals surface area contributed by atoms with E-state index in [9.17, 15) is 9.59 Å². The van der Waals surface area contributed by atoms with E-state index in [0.29, 0.717) is 11.4 Å². The van der Waals surface area contributed by atoms with Gasteiger partial charge in [-0.2, -0.15) is 0 Å². The van der Waals surface area contributed by atoms with Gasteiger partial charge in [0.25, 0.3) is 11.8 Å². The van der Waals surface area contributed by atoms with E-state index in [1.807, 2.05) is 12.1 Å². The summed E-state index contributed by atoms with van der Waals surface area (Å²) in [5, 5.41) is 2.68. The van der Waals surface area contributed by atoms with Gasteiger partial charge in [-0.15, -0.1) is 0 Å². The van der Waals surface area contributed by atoms with E-state index in [1.54, 1.807) is 18.2 Å². The molecular formula is C16H15BrN2O4. The average Bonchev–Trinajstić information content (AvgIpc) is 2.54. The maximum Gasteiger partial charge on any atom is 0.262 e. The number of ether oxygens (including phenoxy) is 2. The second kappa shape index (κ2) is 7.64. The van der Waals surface area contributed by atoms with Crippen molar-refractivity contribution >= 4 is 33.4 Å². The van der Waals surface area contributed by atoms with E-state index >= 15 is 0 Å². The molecule has 2 aromatic carbocycles. The number of primary amides is 1. The molecule has 2 aromatic rings. The number of nitrogens with two attached hydrogens (primary N) is 1. The Morgan fingerprint density at radius 1 is 1.17 bits per heavy atom. The maximum absolute atomic E-state index is 11.9. The van der Waals surface area contributed by atoms with Crippen molar-refractivity contribution in [2.45, 2.75) is 0 Å². The van der Waals surface area contributed by atoms with Gasteiger partial charge < -0.3 is 20.5 Å². The first-order chi connectivity index (χ1) is 11.0. The van der Waals surface area contributed by atoms with Gasteiger partial charge >= 0.3 is 0 Å². The molecule has 7 heteroatoms. The number of hydrogen-bond acceptors (Lipinski definition) is 4. The average molecular weight is 379 g/mol. The normalized spacial score (nSPS) is 10.0. The Balaban J connectivity index is 2.03. The van der Waals surface area contributed by atoms with Crippen molar-refractivity contribution in [2.75, 3.05) is 19.0 Å². The van der Waals surface area contributed by atoms with Crippen molar-refractivity contribution in [1.29, 1.82) is 0 Å². The van der Waals surface area contributed by atoms with Crippen LogP contribution in [0.4, 0.5) is 5.69 Å². The standard InChI is InChI=1S/C16H15BrN2O4/c1-22-12-6-7-13(16(18)21)14(8-12)23-9-15(20)19-11-4-2-10(17)3-5-11/h2-8H,9H2,1H3,(H2,18,21)(H,19,20). The number of hydrogen-bond donors (Lipinski definition) is 2. The summed E-state index contributed by atoms with van der Waals surface area (Å²) in [5.74, 6) is -0.303. The Morgan fingerprint density at radius 3 is 2.48 bits per heavy atom. The third-order valence-corrected chi connectivity index (χ3v) is 3.47. The van der Waals surface area contributed by atoms with Crippen molar-refractivity contribution in [3.8, 4) is 11.5 Å². The molecule has 0 spiro atoms. The summed E-state index contributed by atoms with van der Waals surface area (Å²) in [6.45, 7) is -0.260. The summed E-state index contributed by atoms with van der Waals surface area (Å²) in [6.07, 6.45) is 0. The molecule has 120 valence electrons. The van der Waals surface area contributed by atoms with Crippen LogP contribution in [0.1, 0.15) is 10.4 Å². The third-order valence-electron chi connectivity index (χ3n) is 2.94. The second-order valence-corrected chi connectivity index (χ2v) is 5.49. The molecule has 3 N–H and O–H groups in total. The molecule has 0 aromatic heterocycles. The minimum absolute atomic E-state index is 0.183. The molecule has 0 saturated carbocycles. The fourth-order valence-electron chi connectivity index (χ4n) is 1.83. The van der Waals surface area contributed by atoms with Crippen LogP contribution < -0.4 is 20.5 Å². The van der Waals surface area contributed by atoms with Crippen LogP contribution in [0.5, 0.6) is 11.5 Å². The molecule has 23 heavy (non-hydrogen) atoms. The monoisotopic (exact) mass is 378 g/mol. The molecule has 0 saturated heterocycles. The molecule has 0 radical (unpaired) electrons. The molecule has 2 amide bonds. The molecule has 0 bridgehead atoms. The van der Waals surface area contributed by atoms with Crippen molar-refractivity contribution in [3.63, 3.8) is 0 Å². The van der Waals surface area contributed by atoms with Crippen molar-refractivity contribution in [2.24, 2.45) is 5.73 Å². The summed E-state index contributed by atoms with van der Waals surface area (Å²) >= 11 is 3.32. The lowest BCUT2D eigenvalue weighted by molar-refractivity contribution is -0.118. The van der Waals surface area contributed by atoms with Crippen LogP contribution in [0.3, 0.4) is 0 Å². The number of nitrogens with one attached hydrogen (secondary N) is 1. The molecule has 0 aliphatic carbocycles. The number of carbonyl (C=O) groups is 2. The van der Waals surface area contributed by atoms with Gasteiger partial charge in [0.2, 0.25) is 0 Å². The van der Waals surface area contributed by atoms with Crippen LogP contribution in [-0.4, -0.2) is 25.5 Å². The third kappa shape index (κ3) is 4.72. The lowest BCUT2D eigenvalue weighted by Crippen LogP contribution is -2.21. The Bertz CT molecular complexity index is 717. The van der Waals surface area contributed by atoms with Crippen molar-refractivity contribution in [3.05, 3.63) is 52.5 Å². The van der Waals surface area contributed by atoms with Gasteiger partial charge in [0.1, 0.15) is 11.5 Å². The molecule has 0 aliphatic heterocycles.